The van der Waals surface area contributed by atoms with E-state index in [1.807, 2.05) is 67.8 Å². The summed E-state index contributed by atoms with van der Waals surface area (Å²) in [6.45, 7) is 8.65. The number of halogens is 1. The summed E-state index contributed by atoms with van der Waals surface area (Å²) in [6, 6.07) is 13.5. The first-order valence-corrected chi connectivity index (χ1v) is 11.7. The van der Waals surface area contributed by atoms with Crippen molar-refractivity contribution >= 4 is 35.0 Å². The second-order valence-electron chi connectivity index (χ2n) is 7.13. The number of ether oxygens (including phenoxy) is 1. The number of hydrogen-bond acceptors (Lipinski definition) is 5. The van der Waals surface area contributed by atoms with Gasteiger partial charge in [-0.1, -0.05) is 54.6 Å². The number of carbonyl (C=O) groups excluding carboxylic acids is 1. The van der Waals surface area contributed by atoms with Gasteiger partial charge in [-0.3, -0.25) is 4.79 Å². The third-order valence-corrected chi connectivity index (χ3v) is 6.10. The molecule has 1 atom stereocenters. The summed E-state index contributed by atoms with van der Waals surface area (Å²) in [6.07, 6.45) is 0.520. The highest BCUT2D eigenvalue weighted by Crippen LogP contribution is 2.30. The fourth-order valence-electron chi connectivity index (χ4n) is 3.22. The van der Waals surface area contributed by atoms with Crippen molar-refractivity contribution < 1.29 is 9.53 Å². The normalized spacial score (nSPS) is 11.9. The minimum atomic E-state index is -0.341. The molecule has 1 N–H and O–H groups in total. The van der Waals surface area contributed by atoms with Crippen LogP contribution in [0.4, 0.5) is 5.69 Å². The maximum atomic E-state index is 12.5. The highest BCUT2D eigenvalue weighted by Gasteiger charge is 2.20. The van der Waals surface area contributed by atoms with Crippen molar-refractivity contribution in [2.45, 2.75) is 51.9 Å². The van der Waals surface area contributed by atoms with Crippen molar-refractivity contribution in [3.63, 3.8) is 0 Å². The first-order valence-electron chi connectivity index (χ1n) is 10.3. The number of thioether (sulfide) groups is 1. The van der Waals surface area contributed by atoms with Gasteiger partial charge in [0.1, 0.15) is 5.75 Å². The van der Waals surface area contributed by atoms with Gasteiger partial charge in [-0.25, -0.2) is 0 Å². The van der Waals surface area contributed by atoms with Gasteiger partial charge in [-0.05, 0) is 56.5 Å². The van der Waals surface area contributed by atoms with Crippen LogP contribution in [0.2, 0.25) is 5.02 Å². The summed E-state index contributed by atoms with van der Waals surface area (Å²) in [5, 5.41) is 12.8. The van der Waals surface area contributed by atoms with Crippen molar-refractivity contribution in [1.82, 2.24) is 14.8 Å². The Morgan fingerprint density at radius 1 is 1.23 bits per heavy atom. The zero-order valence-electron chi connectivity index (χ0n) is 18.2. The Morgan fingerprint density at radius 3 is 2.74 bits per heavy atom. The van der Waals surface area contributed by atoms with E-state index >= 15 is 0 Å². The van der Waals surface area contributed by atoms with Crippen LogP contribution in [0.1, 0.15) is 43.8 Å². The standard InChI is InChI=1S/C23H27ClN4O2S/c1-5-17-9-7-8-10-19(17)25-21(29)14-31-23-27-26-22(28(23)6-2)16(4)30-20-13-15(3)11-12-18(20)24/h7-13,16H,5-6,14H2,1-4H3,(H,25,29). The highest BCUT2D eigenvalue weighted by atomic mass is 35.5. The second-order valence-corrected chi connectivity index (χ2v) is 8.48. The van der Waals surface area contributed by atoms with Crippen molar-refractivity contribution in [2.75, 3.05) is 11.1 Å². The average molecular weight is 459 g/mol. The quantitative estimate of drug-likeness (QED) is 0.417. The molecule has 0 saturated heterocycles. The van der Waals surface area contributed by atoms with Crippen molar-refractivity contribution in [2.24, 2.45) is 0 Å². The number of carbonyl (C=O) groups is 1. The first-order chi connectivity index (χ1) is 14.9. The topological polar surface area (TPSA) is 69.0 Å². The predicted octanol–water partition coefficient (Wildman–Crippen LogP) is 5.69. The molecule has 0 spiro atoms. The van der Waals surface area contributed by atoms with Crippen LogP contribution >= 0.6 is 23.4 Å². The van der Waals surface area contributed by atoms with Gasteiger partial charge >= 0.3 is 0 Å². The number of benzene rings is 2. The van der Waals surface area contributed by atoms with Gasteiger partial charge in [0.15, 0.2) is 17.1 Å². The maximum Gasteiger partial charge on any atom is 0.234 e. The summed E-state index contributed by atoms with van der Waals surface area (Å²) >= 11 is 7.62. The molecule has 8 heteroatoms. The lowest BCUT2D eigenvalue weighted by Gasteiger charge is -2.17. The Hall–Kier alpha value is -2.51. The predicted molar refractivity (Wildman–Crippen MR) is 126 cm³/mol. The second kappa shape index (κ2) is 10.7. The molecule has 1 aromatic heterocycles. The smallest absolute Gasteiger partial charge is 0.234 e. The molecule has 0 radical (unpaired) electrons. The Balaban J connectivity index is 1.66. The summed E-state index contributed by atoms with van der Waals surface area (Å²) in [5.41, 5.74) is 3.03. The fourth-order valence-corrected chi connectivity index (χ4v) is 4.19. The van der Waals surface area contributed by atoms with Crippen LogP contribution in [-0.4, -0.2) is 26.4 Å². The molecule has 1 heterocycles. The van der Waals surface area contributed by atoms with E-state index in [1.165, 1.54) is 11.8 Å². The molecule has 2 aromatic carbocycles. The van der Waals surface area contributed by atoms with E-state index in [-0.39, 0.29) is 17.8 Å². The van der Waals surface area contributed by atoms with Gasteiger partial charge in [-0.2, -0.15) is 0 Å². The summed E-state index contributed by atoms with van der Waals surface area (Å²) in [4.78, 5) is 12.5. The van der Waals surface area contributed by atoms with Crippen LogP contribution in [-0.2, 0) is 17.8 Å². The summed E-state index contributed by atoms with van der Waals surface area (Å²) in [7, 11) is 0. The van der Waals surface area contributed by atoms with E-state index < -0.39 is 0 Å². The zero-order chi connectivity index (χ0) is 22.4. The van der Waals surface area contributed by atoms with Crippen LogP contribution in [0.3, 0.4) is 0 Å². The van der Waals surface area contributed by atoms with E-state index in [0.717, 1.165) is 23.2 Å². The Kier molecular flexibility index (Phi) is 7.98. The first kappa shape index (κ1) is 23.2. The van der Waals surface area contributed by atoms with Crippen LogP contribution in [0.5, 0.6) is 5.75 Å². The zero-order valence-corrected chi connectivity index (χ0v) is 19.8. The number of aromatic nitrogens is 3. The monoisotopic (exact) mass is 458 g/mol. The number of anilines is 1. The molecule has 0 fully saturated rings. The third-order valence-electron chi connectivity index (χ3n) is 4.82. The maximum absolute atomic E-state index is 12.5. The number of aryl methyl sites for hydroxylation is 2. The number of rotatable bonds is 9. The summed E-state index contributed by atoms with van der Waals surface area (Å²) in [5.74, 6) is 1.48. The molecule has 1 unspecified atom stereocenters. The number of nitrogens with one attached hydrogen (secondary N) is 1. The lowest BCUT2D eigenvalue weighted by molar-refractivity contribution is -0.113. The molecule has 3 aromatic rings. The fraction of sp³-hybridized carbons (Fsp3) is 0.348. The van der Waals surface area contributed by atoms with Crippen molar-refractivity contribution in [1.29, 1.82) is 0 Å². The van der Waals surface area contributed by atoms with Gasteiger partial charge in [0.25, 0.3) is 0 Å². The molecular formula is C23H27ClN4O2S. The van der Waals surface area contributed by atoms with Gasteiger partial charge in [0.05, 0.1) is 10.8 Å². The lowest BCUT2D eigenvalue weighted by Crippen LogP contribution is -2.16. The number of amides is 1. The van der Waals surface area contributed by atoms with Crippen LogP contribution < -0.4 is 10.1 Å². The van der Waals surface area contributed by atoms with Gasteiger partial charge in [0.2, 0.25) is 5.91 Å². The van der Waals surface area contributed by atoms with Gasteiger partial charge in [-0.15, -0.1) is 10.2 Å². The van der Waals surface area contributed by atoms with Crippen molar-refractivity contribution in [3.05, 3.63) is 64.4 Å². The molecule has 0 aliphatic carbocycles. The number of para-hydroxylation sites is 1. The summed E-state index contributed by atoms with van der Waals surface area (Å²) < 4.78 is 8.02. The molecule has 31 heavy (non-hydrogen) atoms. The minimum Gasteiger partial charge on any atom is -0.481 e. The molecule has 1 amide bonds. The Bertz CT molecular complexity index is 1050. The third kappa shape index (κ3) is 5.80. The molecule has 0 aliphatic heterocycles. The Labute approximate surface area is 192 Å². The molecule has 3 rings (SSSR count). The van der Waals surface area contributed by atoms with Crippen LogP contribution in [0.25, 0.3) is 0 Å². The molecule has 164 valence electrons. The van der Waals surface area contributed by atoms with Crippen LogP contribution in [0.15, 0.2) is 47.6 Å². The lowest BCUT2D eigenvalue weighted by atomic mass is 10.1. The molecular weight excluding hydrogens is 432 g/mol. The van der Waals surface area contributed by atoms with E-state index in [4.69, 9.17) is 16.3 Å². The molecule has 0 aliphatic rings. The number of nitrogens with zero attached hydrogens (tertiary/aromatic N) is 3. The van der Waals surface area contributed by atoms with E-state index in [0.29, 0.717) is 28.3 Å². The molecule has 0 bridgehead atoms. The largest absolute Gasteiger partial charge is 0.481 e. The average Bonchev–Trinajstić information content (AvgIpc) is 3.18. The molecule has 6 nitrogen and oxygen atoms in total. The van der Waals surface area contributed by atoms with E-state index in [1.54, 1.807) is 0 Å². The van der Waals surface area contributed by atoms with Crippen LogP contribution in [0, 0.1) is 6.92 Å². The Morgan fingerprint density at radius 2 is 2.00 bits per heavy atom. The van der Waals surface area contributed by atoms with Gasteiger partial charge < -0.3 is 14.6 Å². The van der Waals surface area contributed by atoms with Gasteiger partial charge in [0, 0.05) is 12.2 Å². The SMILES string of the molecule is CCc1ccccc1NC(=O)CSc1nnc(C(C)Oc2cc(C)ccc2Cl)n1CC. The molecule has 0 saturated carbocycles. The highest BCUT2D eigenvalue weighted by molar-refractivity contribution is 7.99. The van der Waals surface area contributed by atoms with E-state index in [9.17, 15) is 4.79 Å². The van der Waals surface area contributed by atoms with E-state index in [2.05, 4.69) is 22.4 Å². The minimum absolute atomic E-state index is 0.0751. The van der Waals surface area contributed by atoms with Crippen molar-refractivity contribution in [3.8, 4) is 5.75 Å². The number of hydrogen-bond donors (Lipinski definition) is 1.